The highest BCUT2D eigenvalue weighted by molar-refractivity contribution is 5.89. The number of nitrogens with one attached hydrogen (secondary N) is 1. The zero-order chi connectivity index (χ0) is 17.4. The zero-order valence-corrected chi connectivity index (χ0v) is 14.3. The second-order valence-corrected chi connectivity index (χ2v) is 6.14. The minimum Gasteiger partial charge on any atom is -0.497 e. The number of esters is 1. The zero-order valence-electron chi connectivity index (χ0n) is 14.3. The van der Waals surface area contributed by atoms with E-state index in [9.17, 15) is 4.79 Å². The summed E-state index contributed by atoms with van der Waals surface area (Å²) >= 11 is 0. The number of fused-ring (bicyclic) bond motifs is 3. The minimum absolute atomic E-state index is 0.216. The number of benzene rings is 2. The number of hydrogen-bond donors (Lipinski definition) is 1. The van der Waals surface area contributed by atoms with Crippen LogP contribution in [0.15, 0.2) is 48.5 Å². The molecule has 3 aromatic rings. The molecule has 1 aliphatic rings. The van der Waals surface area contributed by atoms with E-state index < -0.39 is 0 Å². The summed E-state index contributed by atoms with van der Waals surface area (Å²) in [5.74, 6) is 0.616. The second kappa shape index (κ2) is 6.26. The third kappa shape index (κ3) is 2.57. The molecule has 25 heavy (non-hydrogen) atoms. The molecule has 2 aromatic carbocycles. The maximum Gasteiger partial charge on any atom is 0.323 e. The molecule has 5 heteroatoms. The Kier molecular flexibility index (Phi) is 3.93. The first-order valence-electron chi connectivity index (χ1n) is 8.29. The van der Waals surface area contributed by atoms with E-state index in [0.29, 0.717) is 13.0 Å². The van der Waals surface area contributed by atoms with Gasteiger partial charge >= 0.3 is 5.97 Å². The molecule has 128 valence electrons. The summed E-state index contributed by atoms with van der Waals surface area (Å²) < 4.78 is 12.4. The predicted molar refractivity (Wildman–Crippen MR) is 96.2 cm³/mol. The van der Waals surface area contributed by atoms with E-state index in [1.165, 1.54) is 23.8 Å². The lowest BCUT2D eigenvalue weighted by atomic mass is 9.98. The summed E-state index contributed by atoms with van der Waals surface area (Å²) in [6.45, 7) is 0.621. The van der Waals surface area contributed by atoms with Crippen LogP contribution in [0.1, 0.15) is 11.3 Å². The van der Waals surface area contributed by atoms with Gasteiger partial charge in [0.2, 0.25) is 0 Å². The normalized spacial score (nSPS) is 16.5. The molecule has 1 N–H and O–H groups in total. The average Bonchev–Trinajstić information content (AvgIpc) is 3.01. The van der Waals surface area contributed by atoms with E-state index in [4.69, 9.17) is 9.47 Å². The Morgan fingerprint density at radius 3 is 2.60 bits per heavy atom. The topological polar surface area (TPSA) is 52.5 Å². The summed E-state index contributed by atoms with van der Waals surface area (Å²) in [5.41, 5.74) is 4.62. The van der Waals surface area contributed by atoms with Crippen molar-refractivity contribution in [2.45, 2.75) is 19.0 Å². The van der Waals surface area contributed by atoms with Gasteiger partial charge in [-0.15, -0.1) is 0 Å². The first kappa shape index (κ1) is 15.7. The maximum absolute atomic E-state index is 12.0. The predicted octanol–water partition coefficient (Wildman–Crippen LogP) is 2.83. The summed E-state index contributed by atoms with van der Waals surface area (Å²) in [6.07, 6.45) is 0.631. The summed E-state index contributed by atoms with van der Waals surface area (Å²) in [7, 11) is 3.10. The molecule has 0 aliphatic carbocycles. The molecule has 0 amide bonds. The summed E-state index contributed by atoms with van der Waals surface area (Å²) in [5, 5.41) is 4.48. The quantitative estimate of drug-likeness (QED) is 0.747. The highest BCUT2D eigenvalue weighted by atomic mass is 16.5. The van der Waals surface area contributed by atoms with Gasteiger partial charge in [-0.05, 0) is 35.9 Å². The first-order chi connectivity index (χ1) is 12.2. The average molecular weight is 336 g/mol. The summed E-state index contributed by atoms with van der Waals surface area (Å²) in [6, 6.07) is 16.0. The number of methoxy groups -OCH3 is 2. The maximum atomic E-state index is 12.0. The van der Waals surface area contributed by atoms with E-state index in [0.717, 1.165) is 17.0 Å². The van der Waals surface area contributed by atoms with Gasteiger partial charge in [0.1, 0.15) is 11.8 Å². The molecule has 1 aliphatic heterocycles. The minimum atomic E-state index is -0.298. The number of nitrogens with zero attached hydrogens (tertiary/aromatic N) is 1. The van der Waals surface area contributed by atoms with Crippen molar-refractivity contribution in [1.82, 2.24) is 9.88 Å². The molecule has 1 atom stereocenters. The van der Waals surface area contributed by atoms with Crippen LogP contribution >= 0.6 is 0 Å². The fraction of sp³-hybridized carbons (Fsp3) is 0.250. The third-order valence-electron chi connectivity index (χ3n) is 4.83. The molecule has 4 rings (SSSR count). The van der Waals surface area contributed by atoms with Crippen LogP contribution in [0, 0.1) is 0 Å². The number of hydrogen-bond acceptors (Lipinski definition) is 4. The number of aromatic nitrogens is 1. The van der Waals surface area contributed by atoms with E-state index in [1.807, 2.05) is 24.3 Å². The van der Waals surface area contributed by atoms with Crippen LogP contribution in [-0.4, -0.2) is 30.8 Å². The number of ether oxygens (including phenoxy) is 2. The largest absolute Gasteiger partial charge is 0.497 e. The highest BCUT2D eigenvalue weighted by Gasteiger charge is 2.29. The van der Waals surface area contributed by atoms with Gasteiger partial charge in [-0.25, -0.2) is 0 Å². The van der Waals surface area contributed by atoms with Crippen molar-refractivity contribution in [3.63, 3.8) is 0 Å². The number of rotatable bonds is 3. The summed E-state index contributed by atoms with van der Waals surface area (Å²) in [4.78, 5) is 12.0. The smallest absolute Gasteiger partial charge is 0.323 e. The van der Waals surface area contributed by atoms with Gasteiger partial charge in [0.15, 0.2) is 0 Å². The van der Waals surface area contributed by atoms with Crippen molar-refractivity contribution in [2.24, 2.45) is 0 Å². The van der Waals surface area contributed by atoms with Crippen molar-refractivity contribution in [1.29, 1.82) is 0 Å². The van der Waals surface area contributed by atoms with Crippen molar-refractivity contribution < 1.29 is 14.3 Å². The molecule has 0 saturated carbocycles. The van der Waals surface area contributed by atoms with Gasteiger partial charge < -0.3 is 14.0 Å². The SMILES string of the molecule is COC(=O)C1Cc2c(n(-c3ccc(OC)cc3)c3ccccc23)CN1. The Labute approximate surface area is 146 Å². The molecule has 0 spiro atoms. The van der Waals surface area contributed by atoms with E-state index >= 15 is 0 Å². The van der Waals surface area contributed by atoms with Crippen LogP contribution in [0.5, 0.6) is 5.75 Å². The molecular formula is C20H20N2O3. The molecule has 0 radical (unpaired) electrons. The van der Waals surface area contributed by atoms with Gasteiger partial charge in [-0.1, -0.05) is 18.2 Å². The fourth-order valence-electron chi connectivity index (χ4n) is 3.60. The van der Waals surface area contributed by atoms with Crippen LogP contribution in [0.25, 0.3) is 16.6 Å². The lowest BCUT2D eigenvalue weighted by Gasteiger charge is -2.23. The Bertz CT molecular complexity index is 928. The van der Waals surface area contributed by atoms with Crippen LogP contribution in [0.3, 0.4) is 0 Å². The standard InChI is InChI=1S/C20H20N2O3/c1-24-14-9-7-13(8-10-14)22-18-6-4-3-5-15(18)16-11-17(20(23)25-2)21-12-19(16)22/h3-10,17,21H,11-12H2,1-2H3. The lowest BCUT2D eigenvalue weighted by molar-refractivity contribution is -0.143. The van der Waals surface area contributed by atoms with Crippen LogP contribution in [-0.2, 0) is 22.5 Å². The van der Waals surface area contributed by atoms with Gasteiger partial charge in [0, 0.05) is 29.7 Å². The molecule has 0 bridgehead atoms. The molecule has 0 fully saturated rings. The van der Waals surface area contributed by atoms with Gasteiger partial charge in [-0.2, -0.15) is 0 Å². The monoisotopic (exact) mass is 336 g/mol. The molecule has 1 unspecified atom stereocenters. The van der Waals surface area contributed by atoms with Crippen LogP contribution < -0.4 is 10.1 Å². The van der Waals surface area contributed by atoms with E-state index in [2.05, 4.69) is 34.1 Å². The molecule has 0 saturated heterocycles. The van der Waals surface area contributed by atoms with Crippen molar-refractivity contribution in [3.8, 4) is 11.4 Å². The van der Waals surface area contributed by atoms with Gasteiger partial charge in [0.25, 0.3) is 0 Å². The highest BCUT2D eigenvalue weighted by Crippen LogP contribution is 2.33. The molecule has 1 aromatic heterocycles. The number of carbonyl (C=O) groups is 1. The third-order valence-corrected chi connectivity index (χ3v) is 4.83. The van der Waals surface area contributed by atoms with Crippen molar-refractivity contribution >= 4 is 16.9 Å². The second-order valence-electron chi connectivity index (χ2n) is 6.14. The van der Waals surface area contributed by atoms with Crippen LogP contribution in [0.2, 0.25) is 0 Å². The van der Waals surface area contributed by atoms with Crippen LogP contribution in [0.4, 0.5) is 0 Å². The molecule has 5 nitrogen and oxygen atoms in total. The van der Waals surface area contributed by atoms with E-state index in [-0.39, 0.29) is 12.0 Å². The lowest BCUT2D eigenvalue weighted by Crippen LogP contribution is -2.42. The molecular weight excluding hydrogens is 316 g/mol. The Morgan fingerprint density at radius 1 is 1.12 bits per heavy atom. The fourth-order valence-corrected chi connectivity index (χ4v) is 3.60. The number of carbonyl (C=O) groups excluding carboxylic acids is 1. The Balaban J connectivity index is 1.87. The Hall–Kier alpha value is -2.79. The van der Waals surface area contributed by atoms with Gasteiger partial charge in [0.05, 0.1) is 19.7 Å². The van der Waals surface area contributed by atoms with E-state index in [1.54, 1.807) is 7.11 Å². The Morgan fingerprint density at radius 2 is 1.88 bits per heavy atom. The first-order valence-corrected chi connectivity index (χ1v) is 8.29. The number of para-hydroxylation sites is 1. The van der Waals surface area contributed by atoms with Gasteiger partial charge in [-0.3, -0.25) is 10.1 Å². The molecule has 2 heterocycles. The van der Waals surface area contributed by atoms with Crippen molar-refractivity contribution in [2.75, 3.05) is 14.2 Å². The van der Waals surface area contributed by atoms with Crippen molar-refractivity contribution in [3.05, 3.63) is 59.8 Å².